The summed E-state index contributed by atoms with van der Waals surface area (Å²) in [6, 6.07) is 0.00256. The maximum absolute atomic E-state index is 12.6. The summed E-state index contributed by atoms with van der Waals surface area (Å²) in [5, 5.41) is 11.1. The Labute approximate surface area is 116 Å². The Morgan fingerprint density at radius 2 is 1.90 bits per heavy atom. The minimum Gasteiger partial charge on any atom is -0.423 e. The van der Waals surface area contributed by atoms with E-state index in [2.05, 4.69) is 15.5 Å². The second-order valence-electron chi connectivity index (χ2n) is 5.32. The smallest absolute Gasteiger partial charge is 0.391 e. The van der Waals surface area contributed by atoms with Crippen molar-refractivity contribution in [1.29, 1.82) is 0 Å². The average molecular weight is 291 g/mol. The predicted octanol–water partition coefficient (Wildman–Crippen LogP) is 3.58. The van der Waals surface area contributed by atoms with Gasteiger partial charge in [-0.1, -0.05) is 6.92 Å². The highest BCUT2D eigenvalue weighted by Crippen LogP contribution is 2.42. The van der Waals surface area contributed by atoms with Crippen molar-refractivity contribution >= 4 is 0 Å². The number of alkyl halides is 3. The Morgan fingerprint density at radius 3 is 2.40 bits per heavy atom. The van der Waals surface area contributed by atoms with Crippen molar-refractivity contribution in [3.8, 4) is 0 Å². The molecule has 1 fully saturated rings. The monoisotopic (exact) mass is 291 g/mol. The van der Waals surface area contributed by atoms with Gasteiger partial charge in [-0.2, -0.15) is 13.2 Å². The number of aromatic nitrogens is 2. The van der Waals surface area contributed by atoms with Crippen LogP contribution in [0.1, 0.15) is 62.8 Å². The van der Waals surface area contributed by atoms with Crippen LogP contribution < -0.4 is 5.32 Å². The average Bonchev–Trinajstić information content (AvgIpc) is 2.89. The Kier molecular flexibility index (Phi) is 4.67. The molecule has 0 bridgehead atoms. The highest BCUT2D eigenvalue weighted by atomic mass is 19.4. The van der Waals surface area contributed by atoms with E-state index in [1.807, 2.05) is 14.0 Å². The molecule has 1 heterocycles. The normalized spacial score (nSPS) is 25.6. The third-order valence-corrected chi connectivity index (χ3v) is 4.05. The van der Waals surface area contributed by atoms with Crippen LogP contribution in [0.15, 0.2) is 4.42 Å². The largest absolute Gasteiger partial charge is 0.423 e. The third-order valence-electron chi connectivity index (χ3n) is 4.05. The molecule has 7 heteroatoms. The molecule has 1 atom stereocenters. The van der Waals surface area contributed by atoms with Crippen LogP contribution in [-0.4, -0.2) is 23.4 Å². The molecular weight excluding hydrogens is 271 g/mol. The fraction of sp³-hybridized carbons (Fsp3) is 0.846. The van der Waals surface area contributed by atoms with Crippen molar-refractivity contribution in [3.05, 3.63) is 11.8 Å². The van der Waals surface area contributed by atoms with Crippen molar-refractivity contribution in [2.45, 2.75) is 57.2 Å². The lowest BCUT2D eigenvalue weighted by Crippen LogP contribution is -2.27. The maximum atomic E-state index is 12.6. The van der Waals surface area contributed by atoms with Gasteiger partial charge in [-0.05, 0) is 39.2 Å². The highest BCUT2D eigenvalue weighted by molar-refractivity contribution is 4.97. The van der Waals surface area contributed by atoms with Gasteiger partial charge in [0.25, 0.3) is 0 Å². The summed E-state index contributed by atoms with van der Waals surface area (Å²) < 4.78 is 43.5. The molecule has 20 heavy (non-hydrogen) atoms. The van der Waals surface area contributed by atoms with Gasteiger partial charge in [0, 0.05) is 5.92 Å². The number of halogens is 3. The van der Waals surface area contributed by atoms with Gasteiger partial charge in [0.05, 0.1) is 12.0 Å². The SMILES string of the molecule is CCC(NC)c1nnc(C2CCC(C(F)(F)F)CC2)o1. The first-order valence-electron chi connectivity index (χ1n) is 7.03. The molecule has 2 rings (SSSR count). The maximum Gasteiger partial charge on any atom is 0.391 e. The van der Waals surface area contributed by atoms with E-state index in [1.165, 1.54) is 0 Å². The summed E-state index contributed by atoms with van der Waals surface area (Å²) in [6.07, 6.45) is -2.04. The zero-order valence-corrected chi connectivity index (χ0v) is 11.7. The fourth-order valence-corrected chi connectivity index (χ4v) is 2.72. The Balaban J connectivity index is 1.97. The Bertz CT molecular complexity index is 421. The van der Waals surface area contributed by atoms with Gasteiger partial charge < -0.3 is 9.73 Å². The van der Waals surface area contributed by atoms with Gasteiger partial charge in [0.1, 0.15) is 0 Å². The van der Waals surface area contributed by atoms with E-state index in [4.69, 9.17) is 4.42 Å². The van der Waals surface area contributed by atoms with Gasteiger partial charge in [-0.15, -0.1) is 10.2 Å². The molecule has 1 aliphatic rings. The van der Waals surface area contributed by atoms with E-state index in [1.54, 1.807) is 0 Å². The summed E-state index contributed by atoms with van der Waals surface area (Å²) in [5.41, 5.74) is 0. The molecule has 0 radical (unpaired) electrons. The van der Waals surface area contributed by atoms with Crippen molar-refractivity contribution < 1.29 is 17.6 Å². The minimum absolute atomic E-state index is 0.00256. The molecule has 0 spiro atoms. The van der Waals surface area contributed by atoms with E-state index in [9.17, 15) is 13.2 Å². The Hall–Kier alpha value is -1.11. The number of hydrogen-bond acceptors (Lipinski definition) is 4. The first kappa shape index (κ1) is 15.3. The van der Waals surface area contributed by atoms with Gasteiger partial charge in [0.15, 0.2) is 0 Å². The second-order valence-corrected chi connectivity index (χ2v) is 5.32. The summed E-state index contributed by atoms with van der Waals surface area (Å²) >= 11 is 0. The molecule has 1 saturated carbocycles. The number of nitrogens with one attached hydrogen (secondary N) is 1. The Morgan fingerprint density at radius 1 is 1.25 bits per heavy atom. The molecule has 1 unspecified atom stereocenters. The van der Waals surface area contributed by atoms with E-state index in [0.717, 1.165) is 6.42 Å². The predicted molar refractivity (Wildman–Crippen MR) is 67.1 cm³/mol. The molecule has 0 aliphatic heterocycles. The van der Waals surface area contributed by atoms with E-state index in [-0.39, 0.29) is 24.8 Å². The quantitative estimate of drug-likeness (QED) is 0.921. The third kappa shape index (κ3) is 3.31. The lowest BCUT2D eigenvalue weighted by molar-refractivity contribution is -0.182. The van der Waals surface area contributed by atoms with Crippen molar-refractivity contribution in [2.24, 2.45) is 5.92 Å². The number of hydrogen-bond donors (Lipinski definition) is 1. The van der Waals surface area contributed by atoms with Gasteiger partial charge >= 0.3 is 6.18 Å². The first-order chi connectivity index (χ1) is 9.45. The molecule has 114 valence electrons. The molecule has 0 amide bonds. The topological polar surface area (TPSA) is 51.0 Å². The molecule has 1 aliphatic carbocycles. The molecule has 1 aromatic rings. The molecule has 0 aromatic carbocycles. The molecule has 4 nitrogen and oxygen atoms in total. The molecule has 0 saturated heterocycles. The molecular formula is C13H20F3N3O. The fourth-order valence-electron chi connectivity index (χ4n) is 2.72. The van der Waals surface area contributed by atoms with Gasteiger partial charge in [-0.25, -0.2) is 0 Å². The van der Waals surface area contributed by atoms with Crippen LogP contribution in [0.25, 0.3) is 0 Å². The van der Waals surface area contributed by atoms with Crippen LogP contribution >= 0.6 is 0 Å². The molecule has 1 N–H and O–H groups in total. The van der Waals surface area contributed by atoms with Crippen LogP contribution in [0.5, 0.6) is 0 Å². The lowest BCUT2D eigenvalue weighted by atomic mass is 9.81. The molecule has 1 aromatic heterocycles. The van der Waals surface area contributed by atoms with Crippen molar-refractivity contribution in [1.82, 2.24) is 15.5 Å². The van der Waals surface area contributed by atoms with Crippen LogP contribution in [0.4, 0.5) is 13.2 Å². The number of rotatable bonds is 4. The van der Waals surface area contributed by atoms with E-state index >= 15 is 0 Å². The summed E-state index contributed by atoms with van der Waals surface area (Å²) in [7, 11) is 1.81. The zero-order chi connectivity index (χ0) is 14.8. The van der Waals surface area contributed by atoms with Gasteiger partial charge in [0.2, 0.25) is 11.8 Å². The summed E-state index contributed by atoms with van der Waals surface area (Å²) in [4.78, 5) is 0. The van der Waals surface area contributed by atoms with E-state index in [0.29, 0.717) is 24.6 Å². The van der Waals surface area contributed by atoms with E-state index < -0.39 is 12.1 Å². The summed E-state index contributed by atoms with van der Waals surface area (Å²) in [6.45, 7) is 2.00. The lowest BCUT2D eigenvalue weighted by Gasteiger charge is -2.27. The standard InChI is InChI=1S/C13H20F3N3O/c1-3-10(17-2)12-19-18-11(20-12)8-4-6-9(7-5-8)13(14,15)16/h8-10,17H,3-7H2,1-2H3. The van der Waals surface area contributed by atoms with Crippen LogP contribution in [0, 0.1) is 5.92 Å². The van der Waals surface area contributed by atoms with Crippen molar-refractivity contribution in [2.75, 3.05) is 7.05 Å². The zero-order valence-electron chi connectivity index (χ0n) is 11.7. The summed E-state index contributed by atoms with van der Waals surface area (Å²) in [5.74, 6) is -0.219. The van der Waals surface area contributed by atoms with Crippen LogP contribution in [-0.2, 0) is 0 Å². The van der Waals surface area contributed by atoms with Gasteiger partial charge in [-0.3, -0.25) is 0 Å². The second kappa shape index (κ2) is 6.11. The van der Waals surface area contributed by atoms with Crippen LogP contribution in [0.3, 0.4) is 0 Å². The van der Waals surface area contributed by atoms with Crippen molar-refractivity contribution in [3.63, 3.8) is 0 Å². The number of nitrogens with zero attached hydrogens (tertiary/aromatic N) is 2. The highest BCUT2D eigenvalue weighted by Gasteiger charge is 2.42. The minimum atomic E-state index is -4.08. The first-order valence-corrected chi connectivity index (χ1v) is 7.03. The van der Waals surface area contributed by atoms with Crippen LogP contribution in [0.2, 0.25) is 0 Å².